The number of hydrogen-bond acceptors (Lipinski definition) is 5. The van der Waals surface area contributed by atoms with E-state index in [-0.39, 0.29) is 6.10 Å². The molecule has 1 rings (SSSR count). The molecule has 90 valence electrons. The fourth-order valence-corrected chi connectivity index (χ4v) is 1.99. The van der Waals surface area contributed by atoms with Crippen molar-refractivity contribution < 1.29 is 23.7 Å². The molecular weight excluding hydrogens is 200 g/mol. The van der Waals surface area contributed by atoms with Crippen molar-refractivity contribution >= 4 is 0 Å². The Morgan fingerprint density at radius 1 is 1.00 bits per heavy atom. The Morgan fingerprint density at radius 2 is 1.53 bits per heavy atom. The van der Waals surface area contributed by atoms with E-state index in [0.29, 0.717) is 6.42 Å². The summed E-state index contributed by atoms with van der Waals surface area (Å²) in [5.74, 6) is -2.31. The van der Waals surface area contributed by atoms with E-state index in [0.717, 1.165) is 6.42 Å². The lowest BCUT2D eigenvalue weighted by Gasteiger charge is -2.49. The summed E-state index contributed by atoms with van der Waals surface area (Å²) in [6, 6.07) is 0. The summed E-state index contributed by atoms with van der Waals surface area (Å²) < 4.78 is 27.0. The van der Waals surface area contributed by atoms with Crippen molar-refractivity contribution in [1.29, 1.82) is 0 Å². The highest BCUT2D eigenvalue weighted by Gasteiger charge is 2.59. The van der Waals surface area contributed by atoms with E-state index in [4.69, 9.17) is 23.7 Å². The normalized spacial score (nSPS) is 29.0. The van der Waals surface area contributed by atoms with Gasteiger partial charge < -0.3 is 23.7 Å². The van der Waals surface area contributed by atoms with Gasteiger partial charge >= 0.3 is 5.97 Å². The zero-order valence-corrected chi connectivity index (χ0v) is 10.0. The van der Waals surface area contributed by atoms with Gasteiger partial charge in [0.15, 0.2) is 0 Å². The molecule has 1 unspecified atom stereocenters. The monoisotopic (exact) mass is 220 g/mol. The maximum Gasteiger partial charge on any atom is 0.340 e. The zero-order valence-electron chi connectivity index (χ0n) is 10.0. The first-order chi connectivity index (χ1) is 7.09. The largest absolute Gasteiger partial charge is 0.347 e. The number of methoxy groups -OCH3 is 4. The average molecular weight is 220 g/mol. The van der Waals surface area contributed by atoms with E-state index in [1.807, 2.05) is 6.92 Å². The van der Waals surface area contributed by atoms with Gasteiger partial charge in [-0.15, -0.1) is 0 Å². The molecule has 0 N–H and O–H groups in total. The second kappa shape index (κ2) is 4.76. The van der Waals surface area contributed by atoms with Gasteiger partial charge in [-0.2, -0.15) is 0 Å². The van der Waals surface area contributed by atoms with E-state index < -0.39 is 11.8 Å². The Hall–Kier alpha value is -0.200. The molecule has 0 radical (unpaired) electrons. The quantitative estimate of drug-likeness (QED) is 0.664. The van der Waals surface area contributed by atoms with Gasteiger partial charge in [-0.25, -0.2) is 0 Å². The van der Waals surface area contributed by atoms with Gasteiger partial charge in [0, 0.05) is 34.9 Å². The van der Waals surface area contributed by atoms with Crippen LogP contribution in [0.5, 0.6) is 0 Å². The van der Waals surface area contributed by atoms with Crippen molar-refractivity contribution in [1.82, 2.24) is 0 Å². The highest BCUT2D eigenvalue weighted by Crippen LogP contribution is 2.41. The molecule has 0 bridgehead atoms. The van der Waals surface area contributed by atoms with Crippen LogP contribution in [0, 0.1) is 0 Å². The lowest BCUT2D eigenvalue weighted by atomic mass is 10.0. The second-order valence-electron chi connectivity index (χ2n) is 3.59. The molecule has 1 aliphatic rings. The minimum atomic E-state index is -1.30. The second-order valence-corrected chi connectivity index (χ2v) is 3.59. The molecule has 0 amide bonds. The van der Waals surface area contributed by atoms with Crippen LogP contribution in [0.3, 0.4) is 0 Å². The number of rotatable bonds is 4. The van der Waals surface area contributed by atoms with Crippen LogP contribution in [-0.2, 0) is 23.7 Å². The molecule has 0 aromatic heterocycles. The molecule has 5 nitrogen and oxygen atoms in total. The van der Waals surface area contributed by atoms with E-state index in [1.54, 1.807) is 14.2 Å². The summed E-state index contributed by atoms with van der Waals surface area (Å²) in [6.45, 7) is 1.96. The van der Waals surface area contributed by atoms with Crippen LogP contribution in [0.2, 0.25) is 0 Å². The number of ether oxygens (including phenoxy) is 5. The summed E-state index contributed by atoms with van der Waals surface area (Å²) in [4.78, 5) is 0. The molecule has 0 spiro atoms. The first-order valence-electron chi connectivity index (χ1n) is 4.98. The lowest BCUT2D eigenvalue weighted by Crippen LogP contribution is -2.64. The van der Waals surface area contributed by atoms with Gasteiger partial charge in [-0.05, 0) is 13.3 Å². The van der Waals surface area contributed by atoms with Crippen LogP contribution in [0.1, 0.15) is 19.8 Å². The van der Waals surface area contributed by atoms with Gasteiger partial charge in [0.2, 0.25) is 0 Å². The molecule has 1 aliphatic heterocycles. The molecule has 1 atom stereocenters. The third-order valence-electron chi connectivity index (χ3n) is 2.90. The van der Waals surface area contributed by atoms with Crippen molar-refractivity contribution in [2.75, 3.05) is 28.4 Å². The molecule has 1 fully saturated rings. The van der Waals surface area contributed by atoms with Crippen LogP contribution >= 0.6 is 0 Å². The van der Waals surface area contributed by atoms with Crippen molar-refractivity contribution in [2.24, 2.45) is 0 Å². The van der Waals surface area contributed by atoms with Crippen molar-refractivity contribution in [3.63, 3.8) is 0 Å². The van der Waals surface area contributed by atoms with E-state index in [9.17, 15) is 0 Å². The molecule has 1 saturated heterocycles. The van der Waals surface area contributed by atoms with E-state index >= 15 is 0 Å². The fourth-order valence-electron chi connectivity index (χ4n) is 1.99. The number of hydrogen-bond donors (Lipinski definition) is 0. The summed E-state index contributed by atoms with van der Waals surface area (Å²) in [5.41, 5.74) is 0. The molecule has 0 aromatic carbocycles. The van der Waals surface area contributed by atoms with E-state index in [1.165, 1.54) is 14.2 Å². The molecule has 0 saturated carbocycles. The van der Waals surface area contributed by atoms with Crippen LogP contribution in [0.25, 0.3) is 0 Å². The van der Waals surface area contributed by atoms with E-state index in [2.05, 4.69) is 0 Å². The summed E-state index contributed by atoms with van der Waals surface area (Å²) in [5, 5.41) is 0. The third-order valence-corrected chi connectivity index (χ3v) is 2.90. The standard InChI is InChI=1S/C10H20O5/c1-8-6-7-9(11-2,12-3)10(13-4,14-5)15-8/h8H,6-7H2,1-5H3. The molecule has 5 heteroatoms. The minimum absolute atomic E-state index is 0.0447. The molecule has 0 aromatic rings. The Bertz CT molecular complexity index is 198. The Labute approximate surface area is 90.6 Å². The van der Waals surface area contributed by atoms with Crippen molar-refractivity contribution in [2.45, 2.75) is 37.6 Å². The van der Waals surface area contributed by atoms with Crippen LogP contribution in [-0.4, -0.2) is 46.3 Å². The van der Waals surface area contributed by atoms with Gasteiger partial charge in [-0.3, -0.25) is 0 Å². The topological polar surface area (TPSA) is 46.2 Å². The Balaban J connectivity index is 3.01. The van der Waals surface area contributed by atoms with Gasteiger partial charge in [0.1, 0.15) is 0 Å². The van der Waals surface area contributed by atoms with Gasteiger partial charge in [0.25, 0.3) is 5.79 Å². The summed E-state index contributed by atoms with van der Waals surface area (Å²) >= 11 is 0. The third kappa shape index (κ3) is 1.90. The van der Waals surface area contributed by atoms with Gasteiger partial charge in [-0.1, -0.05) is 0 Å². The Morgan fingerprint density at radius 3 is 1.93 bits per heavy atom. The van der Waals surface area contributed by atoms with Crippen molar-refractivity contribution in [3.05, 3.63) is 0 Å². The van der Waals surface area contributed by atoms with Crippen LogP contribution < -0.4 is 0 Å². The Kier molecular flexibility index (Phi) is 4.08. The fraction of sp³-hybridized carbons (Fsp3) is 1.00. The highest BCUT2D eigenvalue weighted by atomic mass is 16.9. The predicted octanol–water partition coefficient (Wildman–Crippen LogP) is 1.12. The van der Waals surface area contributed by atoms with Crippen LogP contribution in [0.15, 0.2) is 0 Å². The minimum Gasteiger partial charge on any atom is -0.347 e. The predicted molar refractivity (Wildman–Crippen MR) is 53.3 cm³/mol. The zero-order chi connectivity index (χ0) is 11.5. The molecule has 1 heterocycles. The van der Waals surface area contributed by atoms with Crippen LogP contribution in [0.4, 0.5) is 0 Å². The average Bonchev–Trinajstić information content (AvgIpc) is 2.29. The molecule has 15 heavy (non-hydrogen) atoms. The maximum absolute atomic E-state index is 5.68. The van der Waals surface area contributed by atoms with Crippen molar-refractivity contribution in [3.8, 4) is 0 Å². The smallest absolute Gasteiger partial charge is 0.340 e. The maximum atomic E-state index is 5.68. The first-order valence-corrected chi connectivity index (χ1v) is 4.98. The summed E-state index contributed by atoms with van der Waals surface area (Å²) in [6.07, 6.45) is 1.53. The first kappa shape index (κ1) is 12.9. The lowest BCUT2D eigenvalue weighted by molar-refractivity contribution is -0.503. The highest BCUT2D eigenvalue weighted by molar-refractivity contribution is 4.87. The summed E-state index contributed by atoms with van der Waals surface area (Å²) in [7, 11) is 6.12. The molecule has 0 aliphatic carbocycles. The molecular formula is C10H20O5. The van der Waals surface area contributed by atoms with Gasteiger partial charge in [0.05, 0.1) is 6.10 Å². The SMILES string of the molecule is COC1(OC)CCC(C)OC1(OC)OC.